The van der Waals surface area contributed by atoms with Crippen LogP contribution in [0.3, 0.4) is 0 Å². The molecule has 0 saturated heterocycles. The predicted octanol–water partition coefficient (Wildman–Crippen LogP) is 2.95. The first-order valence-electron chi connectivity index (χ1n) is 3.89. The number of hydrogen-bond donors (Lipinski definition) is 0. The van der Waals surface area contributed by atoms with Crippen LogP contribution in [0.2, 0.25) is 0 Å². The Labute approximate surface area is 94.7 Å². The monoisotopic (exact) mass is 302 g/mol. The Balaban J connectivity index is 2.31. The van der Waals surface area contributed by atoms with E-state index in [-0.39, 0.29) is 5.78 Å². The summed E-state index contributed by atoms with van der Waals surface area (Å²) in [6, 6.07) is 8.22. The molecule has 0 aliphatic carbocycles. The molecule has 1 aromatic carbocycles. The van der Waals surface area contributed by atoms with Crippen molar-refractivity contribution >= 4 is 45.0 Å². The van der Waals surface area contributed by atoms with Gasteiger partial charge in [0, 0.05) is 8.48 Å². The van der Waals surface area contributed by atoms with E-state index in [1.165, 1.54) is 3.57 Å². The van der Waals surface area contributed by atoms with E-state index in [9.17, 15) is 4.79 Å². The Morgan fingerprint density at radius 2 is 1.92 bits per heavy atom. The van der Waals surface area contributed by atoms with E-state index in [1.54, 1.807) is 17.8 Å². The Bertz CT molecular complexity index is 367. The molecular weight excluding hydrogens is 295 g/mol. The lowest BCUT2D eigenvalue weighted by Gasteiger charge is -1.99. The number of thioether (sulfide) groups is 1. The molecule has 1 nitrogen and oxygen atoms in total. The molecule has 2 rings (SSSR count). The molecule has 0 amide bonds. The molecule has 0 atom stereocenters. The van der Waals surface area contributed by atoms with Gasteiger partial charge < -0.3 is 0 Å². The second-order valence-electron chi connectivity index (χ2n) is 2.77. The van der Waals surface area contributed by atoms with E-state index in [1.807, 2.05) is 0 Å². The van der Waals surface area contributed by atoms with Gasteiger partial charge in [-0.15, -0.1) is 11.8 Å². The Morgan fingerprint density at radius 1 is 1.23 bits per heavy atom. The zero-order valence-electron chi connectivity index (χ0n) is 6.79. The third kappa shape index (κ3) is 2.14. The summed E-state index contributed by atoms with van der Waals surface area (Å²) in [7, 11) is 0. The molecule has 1 heterocycles. The minimum Gasteiger partial charge on any atom is -0.294 e. The number of carbonyl (C=O) groups is 1. The number of rotatable bonds is 1. The zero-order chi connectivity index (χ0) is 9.26. The molecule has 0 bridgehead atoms. The predicted molar refractivity (Wildman–Crippen MR) is 64.6 cm³/mol. The van der Waals surface area contributed by atoms with E-state index >= 15 is 0 Å². The summed E-state index contributed by atoms with van der Waals surface area (Å²) < 4.78 is 1.22. The van der Waals surface area contributed by atoms with Crippen molar-refractivity contribution in [2.24, 2.45) is 0 Å². The van der Waals surface area contributed by atoms with E-state index in [2.05, 4.69) is 46.9 Å². The first-order chi connectivity index (χ1) is 6.25. The summed E-state index contributed by atoms with van der Waals surface area (Å²) in [6.45, 7) is 0. The van der Waals surface area contributed by atoms with Crippen molar-refractivity contribution in [2.75, 3.05) is 5.75 Å². The van der Waals surface area contributed by atoms with Gasteiger partial charge in [0.1, 0.15) is 0 Å². The van der Waals surface area contributed by atoms with E-state index < -0.39 is 0 Å². The third-order valence-electron chi connectivity index (χ3n) is 1.79. The van der Waals surface area contributed by atoms with E-state index in [0.29, 0.717) is 5.75 Å². The zero-order valence-corrected chi connectivity index (χ0v) is 9.76. The van der Waals surface area contributed by atoms with E-state index in [0.717, 1.165) is 10.5 Å². The number of allylic oxidation sites excluding steroid dienone is 1. The van der Waals surface area contributed by atoms with Crippen LogP contribution in [-0.4, -0.2) is 11.5 Å². The van der Waals surface area contributed by atoms with Gasteiger partial charge in [-0.1, -0.05) is 12.1 Å². The Hall–Kier alpha value is -0.290. The van der Waals surface area contributed by atoms with Gasteiger partial charge in [-0.3, -0.25) is 4.79 Å². The summed E-state index contributed by atoms with van der Waals surface area (Å²) in [6.07, 6.45) is 1.73. The molecule has 0 unspecified atom stereocenters. The summed E-state index contributed by atoms with van der Waals surface area (Å²) in [5.74, 6) is 0.819. The van der Waals surface area contributed by atoms with Gasteiger partial charge in [0.05, 0.1) is 5.75 Å². The maximum Gasteiger partial charge on any atom is 0.167 e. The fourth-order valence-corrected chi connectivity index (χ4v) is 2.42. The Kier molecular flexibility index (Phi) is 2.74. The highest BCUT2D eigenvalue weighted by atomic mass is 127. The third-order valence-corrected chi connectivity index (χ3v) is 3.60. The fourth-order valence-electron chi connectivity index (χ4n) is 1.16. The molecule has 0 saturated carbocycles. The SMILES string of the molecule is O=C1C=C(c2ccc(I)cc2)SC1. The maximum absolute atomic E-state index is 11.0. The quantitative estimate of drug-likeness (QED) is 0.742. The summed E-state index contributed by atoms with van der Waals surface area (Å²) in [5.41, 5.74) is 1.15. The van der Waals surface area contributed by atoms with Crippen molar-refractivity contribution in [2.45, 2.75) is 0 Å². The molecular formula is C10H7IOS. The van der Waals surface area contributed by atoms with Crippen molar-refractivity contribution in [3.63, 3.8) is 0 Å². The van der Waals surface area contributed by atoms with Crippen LogP contribution < -0.4 is 0 Å². The number of benzene rings is 1. The van der Waals surface area contributed by atoms with Crippen LogP contribution in [0.4, 0.5) is 0 Å². The number of halogens is 1. The second-order valence-corrected chi connectivity index (χ2v) is 5.03. The highest BCUT2D eigenvalue weighted by Gasteiger charge is 2.13. The van der Waals surface area contributed by atoms with Gasteiger partial charge in [-0.2, -0.15) is 0 Å². The lowest BCUT2D eigenvalue weighted by Crippen LogP contribution is -1.86. The summed E-state index contributed by atoms with van der Waals surface area (Å²) in [5, 5.41) is 0. The van der Waals surface area contributed by atoms with Gasteiger partial charge in [0.25, 0.3) is 0 Å². The number of ketones is 1. The lowest BCUT2D eigenvalue weighted by atomic mass is 10.2. The maximum atomic E-state index is 11.0. The number of hydrogen-bond acceptors (Lipinski definition) is 2. The lowest BCUT2D eigenvalue weighted by molar-refractivity contribution is -0.112. The fraction of sp³-hybridized carbons (Fsp3) is 0.100. The average molecular weight is 302 g/mol. The molecule has 3 heteroatoms. The van der Waals surface area contributed by atoms with E-state index in [4.69, 9.17) is 0 Å². The standard InChI is InChI=1S/C10H7IOS/c11-8-3-1-7(2-4-8)10-5-9(12)6-13-10/h1-5H,6H2. The molecule has 66 valence electrons. The molecule has 0 N–H and O–H groups in total. The van der Waals surface area contributed by atoms with Crippen molar-refractivity contribution in [1.29, 1.82) is 0 Å². The van der Waals surface area contributed by atoms with Crippen LogP contribution in [0, 0.1) is 3.57 Å². The minimum atomic E-state index is 0.221. The van der Waals surface area contributed by atoms with Crippen LogP contribution >= 0.6 is 34.4 Å². The highest BCUT2D eigenvalue weighted by molar-refractivity contribution is 14.1. The Morgan fingerprint density at radius 3 is 2.46 bits per heavy atom. The summed E-state index contributed by atoms with van der Waals surface area (Å²) >= 11 is 3.89. The van der Waals surface area contributed by atoms with Crippen LogP contribution in [-0.2, 0) is 4.79 Å². The summed E-state index contributed by atoms with van der Waals surface area (Å²) in [4.78, 5) is 12.1. The topological polar surface area (TPSA) is 17.1 Å². The van der Waals surface area contributed by atoms with Crippen LogP contribution in [0.15, 0.2) is 30.3 Å². The van der Waals surface area contributed by atoms with Crippen molar-refractivity contribution in [1.82, 2.24) is 0 Å². The van der Waals surface area contributed by atoms with Gasteiger partial charge >= 0.3 is 0 Å². The molecule has 0 aromatic heterocycles. The first kappa shape index (κ1) is 9.27. The minimum absolute atomic E-state index is 0.221. The second kappa shape index (κ2) is 3.84. The molecule has 0 fully saturated rings. The molecule has 1 aliphatic heterocycles. The van der Waals surface area contributed by atoms with Crippen LogP contribution in [0.5, 0.6) is 0 Å². The largest absolute Gasteiger partial charge is 0.294 e. The molecule has 13 heavy (non-hydrogen) atoms. The van der Waals surface area contributed by atoms with Crippen molar-refractivity contribution in [3.05, 3.63) is 39.5 Å². The van der Waals surface area contributed by atoms with Crippen LogP contribution in [0.25, 0.3) is 4.91 Å². The highest BCUT2D eigenvalue weighted by Crippen LogP contribution is 2.32. The first-order valence-corrected chi connectivity index (χ1v) is 5.95. The van der Waals surface area contributed by atoms with Gasteiger partial charge in [0.2, 0.25) is 0 Å². The molecule has 0 radical (unpaired) electrons. The van der Waals surface area contributed by atoms with Crippen LogP contribution in [0.1, 0.15) is 5.56 Å². The molecule has 1 aromatic rings. The van der Waals surface area contributed by atoms with Crippen molar-refractivity contribution in [3.8, 4) is 0 Å². The van der Waals surface area contributed by atoms with Gasteiger partial charge in [-0.25, -0.2) is 0 Å². The smallest absolute Gasteiger partial charge is 0.167 e. The van der Waals surface area contributed by atoms with Gasteiger partial charge in [0.15, 0.2) is 5.78 Å². The molecule has 0 spiro atoms. The number of carbonyl (C=O) groups excluding carboxylic acids is 1. The van der Waals surface area contributed by atoms with Crippen molar-refractivity contribution < 1.29 is 4.79 Å². The average Bonchev–Trinajstić information content (AvgIpc) is 2.53. The normalized spacial score (nSPS) is 16.1. The molecule has 1 aliphatic rings. The van der Waals surface area contributed by atoms with Gasteiger partial charge in [-0.05, 0) is 46.4 Å².